The number of halogens is 3. The van der Waals surface area contributed by atoms with E-state index in [-0.39, 0.29) is 29.9 Å². The first-order valence-electron chi connectivity index (χ1n) is 6.10. The first kappa shape index (κ1) is 15.0. The van der Waals surface area contributed by atoms with Crippen molar-refractivity contribution in [2.45, 2.75) is 19.6 Å². The average Bonchev–Trinajstić information content (AvgIpc) is 2.39. The summed E-state index contributed by atoms with van der Waals surface area (Å²) in [5, 5.41) is 2.63. The van der Waals surface area contributed by atoms with Gasteiger partial charge in [-0.05, 0) is 18.2 Å². The van der Waals surface area contributed by atoms with Gasteiger partial charge in [0.05, 0.1) is 22.8 Å². The van der Waals surface area contributed by atoms with Gasteiger partial charge in [0, 0.05) is 20.0 Å². The van der Waals surface area contributed by atoms with E-state index < -0.39 is 17.3 Å². The van der Waals surface area contributed by atoms with E-state index in [0.29, 0.717) is 0 Å². The van der Waals surface area contributed by atoms with Crippen molar-refractivity contribution < 1.29 is 18.0 Å². The van der Waals surface area contributed by atoms with Crippen molar-refractivity contribution in [2.24, 2.45) is 0 Å². The molecule has 112 valence electrons. The number of nitrogens with zero attached hydrogens (tertiary/aromatic N) is 2. The number of amides is 1. The number of hydrogen-bond donors (Lipinski definition) is 1. The quantitative estimate of drug-likeness (QED) is 0.935. The first-order valence-corrected chi connectivity index (χ1v) is 6.10. The predicted molar refractivity (Wildman–Crippen MR) is 69.7 cm³/mol. The number of alkyl halides is 3. The van der Waals surface area contributed by atoms with Crippen LogP contribution < -0.4 is 10.9 Å². The molecule has 0 aliphatic carbocycles. The molecule has 0 saturated carbocycles. The summed E-state index contributed by atoms with van der Waals surface area (Å²) in [6.07, 6.45) is -3.30. The number of fused-ring (bicyclic) bond motifs is 1. The lowest BCUT2D eigenvalue weighted by Gasteiger charge is -2.09. The largest absolute Gasteiger partial charge is 0.416 e. The van der Waals surface area contributed by atoms with Crippen LogP contribution in [0.3, 0.4) is 0 Å². The van der Waals surface area contributed by atoms with Gasteiger partial charge in [-0.3, -0.25) is 14.2 Å². The van der Waals surface area contributed by atoms with Crippen LogP contribution in [-0.2, 0) is 17.5 Å². The molecule has 1 aromatic carbocycles. The number of benzene rings is 1. The van der Waals surface area contributed by atoms with E-state index in [4.69, 9.17) is 0 Å². The van der Waals surface area contributed by atoms with Crippen LogP contribution in [0.2, 0.25) is 0 Å². The maximum atomic E-state index is 12.6. The van der Waals surface area contributed by atoms with Crippen molar-refractivity contribution in [1.82, 2.24) is 14.9 Å². The highest BCUT2D eigenvalue weighted by molar-refractivity contribution is 5.78. The lowest BCUT2D eigenvalue weighted by Crippen LogP contribution is -2.29. The van der Waals surface area contributed by atoms with Gasteiger partial charge in [0.15, 0.2) is 0 Å². The standard InChI is InChI=1S/C13H12F3N3O2/c1-8(20)17-4-5-19-7-18-11-6-9(13(14,15)16)2-3-10(11)12(19)21/h2-3,6-7H,4-5H2,1H3,(H,17,20). The molecule has 1 N–H and O–H groups in total. The molecule has 2 rings (SSSR count). The second-order valence-corrected chi connectivity index (χ2v) is 4.46. The van der Waals surface area contributed by atoms with Gasteiger partial charge in [0.1, 0.15) is 0 Å². The van der Waals surface area contributed by atoms with Gasteiger partial charge in [-0.2, -0.15) is 13.2 Å². The summed E-state index contributed by atoms with van der Waals surface area (Å²) < 4.78 is 39.0. The molecule has 0 unspecified atom stereocenters. The Morgan fingerprint density at radius 2 is 2.10 bits per heavy atom. The third-order valence-electron chi connectivity index (χ3n) is 2.88. The van der Waals surface area contributed by atoms with Gasteiger partial charge >= 0.3 is 6.18 Å². The SMILES string of the molecule is CC(=O)NCCn1cnc2cc(C(F)(F)F)ccc2c1=O. The van der Waals surface area contributed by atoms with Crippen molar-refractivity contribution in [1.29, 1.82) is 0 Å². The normalized spacial score (nSPS) is 11.6. The van der Waals surface area contributed by atoms with Gasteiger partial charge in [0.25, 0.3) is 5.56 Å². The summed E-state index contributed by atoms with van der Waals surface area (Å²) in [7, 11) is 0. The third kappa shape index (κ3) is 3.39. The number of carbonyl (C=O) groups is 1. The Hall–Kier alpha value is -2.38. The molecule has 1 heterocycles. The lowest BCUT2D eigenvalue weighted by molar-refractivity contribution is -0.137. The number of aromatic nitrogens is 2. The maximum Gasteiger partial charge on any atom is 0.416 e. The second-order valence-electron chi connectivity index (χ2n) is 4.46. The van der Waals surface area contributed by atoms with Gasteiger partial charge < -0.3 is 5.32 Å². The molecule has 0 saturated heterocycles. The van der Waals surface area contributed by atoms with E-state index in [1.54, 1.807) is 0 Å². The van der Waals surface area contributed by atoms with Gasteiger partial charge in [-0.1, -0.05) is 0 Å². The number of rotatable bonds is 3. The highest BCUT2D eigenvalue weighted by Crippen LogP contribution is 2.30. The van der Waals surface area contributed by atoms with Crippen molar-refractivity contribution in [2.75, 3.05) is 6.54 Å². The summed E-state index contributed by atoms with van der Waals surface area (Å²) >= 11 is 0. The van der Waals surface area contributed by atoms with Crippen molar-refractivity contribution >= 4 is 16.8 Å². The Kier molecular flexibility index (Phi) is 3.97. The zero-order valence-corrected chi connectivity index (χ0v) is 11.1. The number of hydrogen-bond acceptors (Lipinski definition) is 3. The maximum absolute atomic E-state index is 12.6. The first-order chi connectivity index (χ1) is 9.79. The highest BCUT2D eigenvalue weighted by atomic mass is 19.4. The minimum Gasteiger partial charge on any atom is -0.355 e. The molecule has 0 atom stereocenters. The van der Waals surface area contributed by atoms with Crippen LogP contribution in [0.15, 0.2) is 29.3 Å². The highest BCUT2D eigenvalue weighted by Gasteiger charge is 2.30. The van der Waals surface area contributed by atoms with Crippen LogP contribution in [0, 0.1) is 0 Å². The third-order valence-corrected chi connectivity index (χ3v) is 2.88. The van der Waals surface area contributed by atoms with Crippen molar-refractivity contribution in [3.05, 3.63) is 40.4 Å². The molecule has 8 heteroatoms. The van der Waals surface area contributed by atoms with E-state index in [1.807, 2.05) is 0 Å². The Morgan fingerprint density at radius 1 is 1.38 bits per heavy atom. The molecule has 0 aliphatic heterocycles. The summed E-state index contributed by atoms with van der Waals surface area (Å²) in [5.74, 6) is -0.230. The minimum absolute atomic E-state index is 0.00870. The zero-order valence-electron chi connectivity index (χ0n) is 11.1. The molecule has 21 heavy (non-hydrogen) atoms. The molecule has 0 fully saturated rings. The van der Waals surface area contributed by atoms with Crippen LogP contribution >= 0.6 is 0 Å². The summed E-state index contributed by atoms with van der Waals surface area (Å²) in [6, 6.07) is 2.81. The molecule has 0 radical (unpaired) electrons. The molecule has 1 amide bonds. The van der Waals surface area contributed by atoms with Gasteiger partial charge in [0.2, 0.25) is 5.91 Å². The molecule has 2 aromatic rings. The molecule has 5 nitrogen and oxygen atoms in total. The van der Waals surface area contributed by atoms with Crippen molar-refractivity contribution in [3.63, 3.8) is 0 Å². The van der Waals surface area contributed by atoms with Gasteiger partial charge in [-0.15, -0.1) is 0 Å². The van der Waals surface area contributed by atoms with Crippen LogP contribution in [0.5, 0.6) is 0 Å². The fraction of sp³-hybridized carbons (Fsp3) is 0.308. The van der Waals surface area contributed by atoms with Crippen molar-refractivity contribution in [3.8, 4) is 0 Å². The van der Waals surface area contributed by atoms with Crippen LogP contribution in [0.1, 0.15) is 12.5 Å². The second kappa shape index (κ2) is 5.55. The van der Waals surface area contributed by atoms with Crippen LogP contribution in [0.25, 0.3) is 10.9 Å². The zero-order chi connectivity index (χ0) is 15.6. The fourth-order valence-electron chi connectivity index (χ4n) is 1.85. The van der Waals surface area contributed by atoms with E-state index in [1.165, 1.54) is 17.8 Å². The summed E-state index contributed by atoms with van der Waals surface area (Å²) in [6.45, 7) is 1.78. The Balaban J connectivity index is 2.35. The number of carbonyl (C=O) groups excluding carboxylic acids is 1. The lowest BCUT2D eigenvalue weighted by atomic mass is 10.1. The van der Waals surface area contributed by atoms with Crippen LogP contribution in [-0.4, -0.2) is 22.0 Å². The molecular weight excluding hydrogens is 287 g/mol. The Morgan fingerprint density at radius 3 is 2.71 bits per heavy atom. The molecule has 1 aromatic heterocycles. The van der Waals surface area contributed by atoms with Gasteiger partial charge in [-0.25, -0.2) is 4.98 Å². The predicted octanol–water partition coefficient (Wildman–Crippen LogP) is 1.55. The molecule has 0 aliphatic rings. The monoisotopic (exact) mass is 299 g/mol. The molecular formula is C13H12F3N3O2. The summed E-state index contributed by atoms with van der Waals surface area (Å²) in [4.78, 5) is 26.7. The Bertz CT molecular complexity index is 737. The van der Waals surface area contributed by atoms with E-state index in [9.17, 15) is 22.8 Å². The Labute approximate surface area is 117 Å². The minimum atomic E-state index is -4.48. The van der Waals surface area contributed by atoms with E-state index >= 15 is 0 Å². The number of nitrogens with one attached hydrogen (secondary N) is 1. The topological polar surface area (TPSA) is 64.0 Å². The van der Waals surface area contributed by atoms with E-state index in [2.05, 4.69) is 10.3 Å². The summed E-state index contributed by atoms with van der Waals surface area (Å²) in [5.41, 5.74) is -1.30. The average molecular weight is 299 g/mol. The smallest absolute Gasteiger partial charge is 0.355 e. The van der Waals surface area contributed by atoms with Crippen LogP contribution in [0.4, 0.5) is 13.2 Å². The fourth-order valence-corrected chi connectivity index (χ4v) is 1.85. The van der Waals surface area contributed by atoms with E-state index in [0.717, 1.165) is 18.2 Å². The molecule has 0 spiro atoms. The molecule has 0 bridgehead atoms.